The van der Waals surface area contributed by atoms with Crippen molar-refractivity contribution in [2.24, 2.45) is 17.8 Å². The Morgan fingerprint density at radius 2 is 0.505 bits per heavy atom. The van der Waals surface area contributed by atoms with Crippen LogP contribution in [0.3, 0.4) is 0 Å². The van der Waals surface area contributed by atoms with Crippen LogP contribution in [0.2, 0.25) is 0 Å². The summed E-state index contributed by atoms with van der Waals surface area (Å²) < 4.78 is 68.3. The van der Waals surface area contributed by atoms with Crippen LogP contribution in [0.1, 0.15) is 363 Å². The first-order chi connectivity index (χ1) is 43.7. The summed E-state index contributed by atoms with van der Waals surface area (Å²) >= 11 is 0. The minimum absolute atomic E-state index is 0.103. The summed E-state index contributed by atoms with van der Waals surface area (Å²) in [5.41, 5.74) is 0. The number of unbranched alkanes of at least 4 members (excludes halogenated alkanes) is 38. The second kappa shape index (κ2) is 62.8. The summed E-state index contributed by atoms with van der Waals surface area (Å²) in [5.74, 6) is 0.147. The number of aliphatic hydroxyl groups excluding tert-OH is 1. The van der Waals surface area contributed by atoms with Gasteiger partial charge in [0.2, 0.25) is 0 Å². The molecule has 0 amide bonds. The van der Waals surface area contributed by atoms with Crippen LogP contribution in [0.4, 0.5) is 0 Å². The first-order valence-corrected chi connectivity index (χ1v) is 40.3. The Morgan fingerprint density at radius 3 is 0.747 bits per heavy atom. The van der Waals surface area contributed by atoms with Crippen LogP contribution in [0.15, 0.2) is 0 Å². The zero-order valence-electron chi connectivity index (χ0n) is 59.3. The number of ether oxygens (including phenoxy) is 4. The van der Waals surface area contributed by atoms with Gasteiger partial charge in [0.1, 0.15) is 19.3 Å². The molecule has 0 aromatic heterocycles. The van der Waals surface area contributed by atoms with Gasteiger partial charge in [-0.05, 0) is 43.4 Å². The molecule has 0 aliphatic heterocycles. The molecule has 0 fully saturated rings. The average molecular weight is 1340 g/mol. The van der Waals surface area contributed by atoms with E-state index in [0.29, 0.717) is 31.6 Å². The molecule has 0 aliphatic rings. The lowest BCUT2D eigenvalue weighted by molar-refractivity contribution is -0.161. The van der Waals surface area contributed by atoms with Gasteiger partial charge < -0.3 is 33.8 Å². The van der Waals surface area contributed by atoms with Gasteiger partial charge in [0, 0.05) is 25.7 Å². The molecule has 0 aromatic carbocycles. The molecule has 540 valence electrons. The first kappa shape index (κ1) is 89.1. The highest BCUT2D eigenvalue weighted by Gasteiger charge is 2.30. The molecule has 0 saturated heterocycles. The smallest absolute Gasteiger partial charge is 0.462 e. The van der Waals surface area contributed by atoms with Crippen LogP contribution in [0.5, 0.6) is 0 Å². The minimum atomic E-state index is -4.95. The van der Waals surface area contributed by atoms with Crippen LogP contribution >= 0.6 is 15.6 Å². The molecule has 0 rings (SSSR count). The predicted octanol–water partition coefficient (Wildman–Crippen LogP) is 20.6. The third-order valence-electron chi connectivity index (χ3n) is 16.6. The summed E-state index contributed by atoms with van der Waals surface area (Å²) in [6, 6.07) is 0. The van der Waals surface area contributed by atoms with Crippen molar-refractivity contribution in [2.75, 3.05) is 39.6 Å². The van der Waals surface area contributed by atoms with E-state index in [-0.39, 0.29) is 25.7 Å². The van der Waals surface area contributed by atoms with E-state index in [2.05, 4.69) is 48.5 Å². The van der Waals surface area contributed by atoms with Gasteiger partial charge in [0.15, 0.2) is 12.2 Å². The van der Waals surface area contributed by atoms with E-state index >= 15 is 0 Å². The number of hydrogen-bond donors (Lipinski definition) is 3. The standard InChI is InChI=1S/C72H140O17P2/c1-8-9-10-11-12-23-32-39-46-53-69(74)82-60-68(89-72(77)56-49-42-35-28-31-38-45-52-65(6)7)62-87-91(80,81)85-58-66(73)57-84-90(78,79)86-61-67(59-83-70(75)54-47-40-33-26-21-18-17-20-25-30-37-44-51-64(4)5)88-71(76)55-48-41-34-27-22-16-14-13-15-19-24-29-36-43-50-63(2)3/h63-68,73H,8-62H2,1-7H3,(H,78,79)(H,80,81)/t66-,67-,68-/m1/s1. The van der Waals surface area contributed by atoms with Gasteiger partial charge in [-0.1, -0.05) is 312 Å². The molecule has 17 nitrogen and oxygen atoms in total. The number of hydrogen-bond acceptors (Lipinski definition) is 15. The molecular formula is C72H140O17P2. The Labute approximate surface area is 556 Å². The lowest BCUT2D eigenvalue weighted by atomic mass is 10.0. The number of phosphoric acid groups is 2. The van der Waals surface area contributed by atoms with Crippen LogP contribution in [0.25, 0.3) is 0 Å². The van der Waals surface area contributed by atoms with E-state index in [0.717, 1.165) is 102 Å². The van der Waals surface area contributed by atoms with Gasteiger partial charge in [-0.15, -0.1) is 0 Å². The monoisotopic (exact) mass is 1340 g/mol. The average Bonchev–Trinajstić information content (AvgIpc) is 2.98. The number of carbonyl (C=O) groups is 4. The van der Waals surface area contributed by atoms with Crippen molar-refractivity contribution in [3.05, 3.63) is 0 Å². The molecule has 2 unspecified atom stereocenters. The summed E-state index contributed by atoms with van der Waals surface area (Å²) in [6.07, 6.45) is 47.3. The van der Waals surface area contributed by atoms with Crippen LogP contribution in [-0.4, -0.2) is 96.7 Å². The van der Waals surface area contributed by atoms with Crippen molar-refractivity contribution < 1.29 is 80.2 Å². The van der Waals surface area contributed by atoms with Crippen molar-refractivity contribution in [2.45, 2.75) is 381 Å². The normalized spacial score (nSPS) is 14.2. The Balaban J connectivity index is 5.22. The zero-order valence-corrected chi connectivity index (χ0v) is 61.1. The highest BCUT2D eigenvalue weighted by atomic mass is 31.2. The minimum Gasteiger partial charge on any atom is -0.462 e. The van der Waals surface area contributed by atoms with Crippen molar-refractivity contribution in [1.82, 2.24) is 0 Å². The molecule has 0 bridgehead atoms. The zero-order chi connectivity index (χ0) is 67.3. The molecule has 5 atom stereocenters. The summed E-state index contributed by atoms with van der Waals surface area (Å²) in [5, 5.41) is 10.6. The van der Waals surface area contributed by atoms with Gasteiger partial charge in [0.05, 0.1) is 26.4 Å². The third-order valence-corrected chi connectivity index (χ3v) is 18.5. The second-order valence-electron chi connectivity index (χ2n) is 27.4. The van der Waals surface area contributed by atoms with E-state index in [1.165, 1.54) is 173 Å². The molecule has 0 spiro atoms. The largest absolute Gasteiger partial charge is 0.472 e. The maximum absolute atomic E-state index is 13.0. The van der Waals surface area contributed by atoms with Crippen molar-refractivity contribution in [1.29, 1.82) is 0 Å². The topological polar surface area (TPSA) is 237 Å². The predicted molar refractivity (Wildman–Crippen MR) is 368 cm³/mol. The summed E-state index contributed by atoms with van der Waals surface area (Å²) in [7, 11) is -9.90. The maximum Gasteiger partial charge on any atom is 0.472 e. The number of carbonyl (C=O) groups excluding carboxylic acids is 4. The highest BCUT2D eigenvalue weighted by Crippen LogP contribution is 2.45. The Bertz CT molecular complexity index is 1780. The third kappa shape index (κ3) is 66.5. The van der Waals surface area contributed by atoms with Crippen LogP contribution in [-0.2, 0) is 65.4 Å². The highest BCUT2D eigenvalue weighted by molar-refractivity contribution is 7.47. The van der Waals surface area contributed by atoms with Crippen LogP contribution in [0, 0.1) is 17.8 Å². The fourth-order valence-corrected chi connectivity index (χ4v) is 12.5. The Morgan fingerprint density at radius 1 is 0.297 bits per heavy atom. The van der Waals surface area contributed by atoms with E-state index in [1.807, 2.05) is 0 Å². The number of phosphoric ester groups is 2. The van der Waals surface area contributed by atoms with E-state index in [4.69, 9.17) is 37.0 Å². The van der Waals surface area contributed by atoms with Gasteiger partial charge >= 0.3 is 39.5 Å². The fourth-order valence-electron chi connectivity index (χ4n) is 10.9. The fraction of sp³-hybridized carbons (Fsp3) is 0.944. The second-order valence-corrected chi connectivity index (χ2v) is 30.3. The van der Waals surface area contributed by atoms with Crippen molar-refractivity contribution >= 4 is 39.5 Å². The van der Waals surface area contributed by atoms with Gasteiger partial charge in [-0.2, -0.15) is 0 Å². The number of aliphatic hydroxyl groups is 1. The van der Waals surface area contributed by atoms with Crippen molar-refractivity contribution in [3.8, 4) is 0 Å². The van der Waals surface area contributed by atoms with Crippen LogP contribution < -0.4 is 0 Å². The molecule has 0 aliphatic carbocycles. The molecule has 0 radical (unpaired) electrons. The first-order valence-electron chi connectivity index (χ1n) is 37.3. The van der Waals surface area contributed by atoms with E-state index in [9.17, 15) is 43.2 Å². The molecule has 91 heavy (non-hydrogen) atoms. The number of rotatable bonds is 70. The van der Waals surface area contributed by atoms with Gasteiger partial charge in [0.25, 0.3) is 0 Å². The molecule has 0 aromatic rings. The van der Waals surface area contributed by atoms with E-state index in [1.54, 1.807) is 0 Å². The molecular weight excluding hydrogens is 1200 g/mol. The SMILES string of the molecule is CCCCCCCCCCCC(=O)OC[C@H](COP(=O)(O)OC[C@H](O)COP(=O)(O)OC[C@@H](COC(=O)CCCCCCCCCCCCCCC(C)C)OC(=O)CCCCCCCCCCCCCCCCC(C)C)OC(=O)CCCCCCCCCC(C)C. The molecule has 0 heterocycles. The van der Waals surface area contributed by atoms with Gasteiger partial charge in [-0.25, -0.2) is 9.13 Å². The lowest BCUT2D eigenvalue weighted by Gasteiger charge is -2.21. The quantitative estimate of drug-likeness (QED) is 0.0222. The molecule has 0 saturated carbocycles. The summed E-state index contributed by atoms with van der Waals surface area (Å²) in [6.45, 7) is 11.8. The summed E-state index contributed by atoms with van der Waals surface area (Å²) in [4.78, 5) is 72.6. The number of esters is 4. The van der Waals surface area contributed by atoms with Crippen molar-refractivity contribution in [3.63, 3.8) is 0 Å². The molecule has 19 heteroatoms. The maximum atomic E-state index is 13.0. The van der Waals surface area contributed by atoms with E-state index < -0.39 is 97.5 Å². The molecule has 3 N–H and O–H groups in total. The van der Waals surface area contributed by atoms with Gasteiger partial charge in [-0.3, -0.25) is 37.3 Å². The Hall–Kier alpha value is -1.94. The Kier molecular flexibility index (Phi) is 61.5. The lowest BCUT2D eigenvalue weighted by Crippen LogP contribution is -2.30.